The molecule has 1 heterocycles. The minimum absolute atomic E-state index is 0.0467. The standard InChI is InChI=1S/C17H29NO2Si/c1-17(2,3)21(4,5)20-16-13-18(12-15(16)19)11-14-9-7-6-8-10-14/h6-10,15-16,19H,11-13H2,1-5H3/t15-,16-/m0/s1. The normalized spacial score (nSPS) is 24.5. The fourth-order valence-electron chi connectivity index (χ4n) is 2.47. The number of hydrogen-bond acceptors (Lipinski definition) is 3. The van der Waals surface area contributed by atoms with Crippen LogP contribution in [-0.4, -0.2) is 43.6 Å². The van der Waals surface area contributed by atoms with Gasteiger partial charge in [-0.25, -0.2) is 0 Å². The van der Waals surface area contributed by atoms with Crippen molar-refractivity contribution < 1.29 is 9.53 Å². The zero-order valence-corrected chi connectivity index (χ0v) is 15.0. The van der Waals surface area contributed by atoms with E-state index in [1.54, 1.807) is 0 Å². The first-order valence-corrected chi connectivity index (χ1v) is 10.7. The summed E-state index contributed by atoms with van der Waals surface area (Å²) in [7, 11) is -1.82. The number of aliphatic hydroxyl groups excluding tert-OH is 1. The van der Waals surface area contributed by atoms with E-state index in [9.17, 15) is 5.11 Å². The second-order valence-corrected chi connectivity index (χ2v) is 12.4. The Kier molecular flexibility index (Phi) is 4.93. The molecule has 0 aromatic heterocycles. The summed E-state index contributed by atoms with van der Waals surface area (Å²) in [6.45, 7) is 13.6. The van der Waals surface area contributed by atoms with Crippen LogP contribution < -0.4 is 0 Å². The van der Waals surface area contributed by atoms with Gasteiger partial charge in [-0.3, -0.25) is 4.90 Å². The van der Waals surface area contributed by atoms with Gasteiger partial charge in [-0.2, -0.15) is 0 Å². The quantitative estimate of drug-likeness (QED) is 0.867. The van der Waals surface area contributed by atoms with Crippen LogP contribution in [0.1, 0.15) is 26.3 Å². The lowest BCUT2D eigenvalue weighted by molar-refractivity contribution is 0.0643. The van der Waals surface area contributed by atoms with E-state index in [4.69, 9.17) is 4.43 Å². The summed E-state index contributed by atoms with van der Waals surface area (Å²) in [6.07, 6.45) is -0.419. The van der Waals surface area contributed by atoms with Crippen LogP contribution in [0.2, 0.25) is 18.1 Å². The summed E-state index contributed by atoms with van der Waals surface area (Å²) >= 11 is 0. The maximum Gasteiger partial charge on any atom is 0.192 e. The molecule has 2 rings (SSSR count). The van der Waals surface area contributed by atoms with Crippen molar-refractivity contribution in [3.05, 3.63) is 35.9 Å². The van der Waals surface area contributed by atoms with Crippen molar-refractivity contribution in [1.29, 1.82) is 0 Å². The van der Waals surface area contributed by atoms with Crippen LogP contribution in [0.5, 0.6) is 0 Å². The predicted octanol–water partition coefficient (Wildman–Crippen LogP) is 3.25. The summed E-state index contributed by atoms with van der Waals surface area (Å²) in [5, 5.41) is 10.5. The molecule has 1 aliphatic rings. The molecule has 1 saturated heterocycles. The van der Waals surface area contributed by atoms with Crippen molar-refractivity contribution in [1.82, 2.24) is 4.90 Å². The van der Waals surface area contributed by atoms with Gasteiger partial charge >= 0.3 is 0 Å². The highest BCUT2D eigenvalue weighted by Gasteiger charge is 2.43. The van der Waals surface area contributed by atoms with Gasteiger partial charge in [0.05, 0.1) is 12.2 Å². The Balaban J connectivity index is 1.95. The molecular weight excluding hydrogens is 278 g/mol. The third-order valence-electron chi connectivity index (χ3n) is 4.81. The maximum atomic E-state index is 10.3. The van der Waals surface area contributed by atoms with Gasteiger partial charge < -0.3 is 9.53 Å². The Hall–Kier alpha value is -0.683. The van der Waals surface area contributed by atoms with Crippen LogP contribution in [-0.2, 0) is 11.0 Å². The monoisotopic (exact) mass is 307 g/mol. The van der Waals surface area contributed by atoms with Crippen molar-refractivity contribution in [2.24, 2.45) is 0 Å². The molecule has 1 aromatic rings. The first-order chi connectivity index (χ1) is 9.69. The number of rotatable bonds is 4. The SMILES string of the molecule is CC(C)(C)[Si](C)(C)O[C@H]1CN(Cc2ccccc2)C[C@@H]1O. The molecule has 0 saturated carbocycles. The summed E-state index contributed by atoms with van der Waals surface area (Å²) in [6, 6.07) is 10.4. The molecule has 1 aromatic carbocycles. The van der Waals surface area contributed by atoms with Gasteiger partial charge in [-0.15, -0.1) is 0 Å². The third kappa shape index (κ3) is 4.16. The molecule has 0 radical (unpaired) electrons. The van der Waals surface area contributed by atoms with Gasteiger partial charge in [0.1, 0.15) is 0 Å². The van der Waals surface area contributed by atoms with Crippen LogP contribution >= 0.6 is 0 Å². The Morgan fingerprint density at radius 2 is 1.81 bits per heavy atom. The highest BCUT2D eigenvalue weighted by Crippen LogP contribution is 2.38. The van der Waals surface area contributed by atoms with E-state index in [2.05, 4.69) is 63.0 Å². The topological polar surface area (TPSA) is 32.7 Å². The number of aliphatic hydroxyl groups is 1. The highest BCUT2D eigenvalue weighted by atomic mass is 28.4. The van der Waals surface area contributed by atoms with Gasteiger partial charge in [0.15, 0.2) is 8.32 Å². The average molecular weight is 308 g/mol. The molecule has 4 heteroatoms. The molecule has 0 bridgehead atoms. The Morgan fingerprint density at radius 3 is 2.38 bits per heavy atom. The molecule has 1 N–H and O–H groups in total. The number of hydrogen-bond donors (Lipinski definition) is 1. The van der Waals surface area contributed by atoms with Crippen LogP contribution in [0.3, 0.4) is 0 Å². The molecular formula is C17H29NO2Si. The van der Waals surface area contributed by atoms with E-state index >= 15 is 0 Å². The Morgan fingerprint density at radius 1 is 1.19 bits per heavy atom. The summed E-state index contributed by atoms with van der Waals surface area (Å²) in [4.78, 5) is 2.29. The molecule has 0 spiro atoms. The largest absolute Gasteiger partial charge is 0.410 e. The lowest BCUT2D eigenvalue weighted by atomic mass is 10.2. The Bertz CT molecular complexity index is 456. The van der Waals surface area contributed by atoms with Crippen molar-refractivity contribution in [2.75, 3.05) is 13.1 Å². The van der Waals surface area contributed by atoms with Crippen molar-refractivity contribution in [3.63, 3.8) is 0 Å². The van der Waals surface area contributed by atoms with Gasteiger partial charge in [-0.05, 0) is 23.7 Å². The van der Waals surface area contributed by atoms with E-state index in [-0.39, 0.29) is 17.2 Å². The van der Waals surface area contributed by atoms with E-state index < -0.39 is 8.32 Å². The van der Waals surface area contributed by atoms with E-state index in [1.807, 2.05) is 6.07 Å². The summed E-state index contributed by atoms with van der Waals surface area (Å²) in [5.74, 6) is 0. The molecule has 0 unspecified atom stereocenters. The fraction of sp³-hybridized carbons (Fsp3) is 0.647. The minimum Gasteiger partial charge on any atom is -0.410 e. The first-order valence-electron chi connectivity index (χ1n) is 7.81. The van der Waals surface area contributed by atoms with Gasteiger partial charge in [0.25, 0.3) is 0 Å². The molecule has 2 atom stereocenters. The van der Waals surface area contributed by atoms with Crippen molar-refractivity contribution in [2.45, 2.75) is 57.7 Å². The fourth-order valence-corrected chi connectivity index (χ4v) is 3.82. The van der Waals surface area contributed by atoms with Crippen LogP contribution in [0, 0.1) is 0 Å². The van der Waals surface area contributed by atoms with Gasteiger partial charge in [-0.1, -0.05) is 51.1 Å². The second-order valence-electron chi connectivity index (χ2n) is 7.66. The van der Waals surface area contributed by atoms with Crippen LogP contribution in [0.4, 0.5) is 0 Å². The van der Waals surface area contributed by atoms with E-state index in [0.29, 0.717) is 6.54 Å². The number of β-amino-alcohol motifs (C(OH)–C–C–N with tert-alkyl or cyclic N) is 1. The van der Waals surface area contributed by atoms with Gasteiger partial charge in [0, 0.05) is 19.6 Å². The average Bonchev–Trinajstić information content (AvgIpc) is 2.69. The Labute approximate surface area is 130 Å². The molecule has 0 amide bonds. The first kappa shape index (κ1) is 16.7. The predicted molar refractivity (Wildman–Crippen MR) is 89.8 cm³/mol. The molecule has 1 aliphatic heterocycles. The number of likely N-dealkylation sites (tertiary alicyclic amines) is 1. The molecule has 3 nitrogen and oxygen atoms in total. The number of benzene rings is 1. The lowest BCUT2D eigenvalue weighted by Crippen LogP contribution is -2.47. The smallest absolute Gasteiger partial charge is 0.192 e. The van der Waals surface area contributed by atoms with E-state index in [1.165, 1.54) is 5.56 Å². The molecule has 1 fully saturated rings. The zero-order valence-electron chi connectivity index (χ0n) is 14.0. The number of nitrogens with zero attached hydrogens (tertiary/aromatic N) is 1. The van der Waals surface area contributed by atoms with E-state index in [0.717, 1.165) is 13.1 Å². The maximum absolute atomic E-state index is 10.3. The zero-order chi connectivity index (χ0) is 15.7. The second kappa shape index (κ2) is 6.21. The summed E-state index contributed by atoms with van der Waals surface area (Å²) in [5.41, 5.74) is 1.29. The molecule has 0 aliphatic carbocycles. The lowest BCUT2D eigenvalue weighted by Gasteiger charge is -2.39. The molecule has 118 valence electrons. The third-order valence-corrected chi connectivity index (χ3v) is 9.32. The minimum atomic E-state index is -1.82. The van der Waals surface area contributed by atoms with Gasteiger partial charge in [0.2, 0.25) is 0 Å². The summed E-state index contributed by atoms with van der Waals surface area (Å²) < 4.78 is 6.39. The van der Waals surface area contributed by atoms with Crippen molar-refractivity contribution >= 4 is 8.32 Å². The molecule has 21 heavy (non-hydrogen) atoms. The van der Waals surface area contributed by atoms with Crippen LogP contribution in [0.25, 0.3) is 0 Å². The van der Waals surface area contributed by atoms with Crippen molar-refractivity contribution in [3.8, 4) is 0 Å². The van der Waals surface area contributed by atoms with Crippen LogP contribution in [0.15, 0.2) is 30.3 Å². The highest BCUT2D eigenvalue weighted by molar-refractivity contribution is 6.74.